The topological polar surface area (TPSA) is 90.4 Å². The second-order valence-corrected chi connectivity index (χ2v) is 10.0. The van der Waals surface area contributed by atoms with E-state index in [0.29, 0.717) is 26.2 Å². The van der Waals surface area contributed by atoms with Gasteiger partial charge in [-0.15, -0.1) is 0 Å². The van der Waals surface area contributed by atoms with E-state index in [1.165, 1.54) is 4.90 Å². The average molecular weight is 480 g/mol. The van der Waals surface area contributed by atoms with Gasteiger partial charge in [-0.05, 0) is 18.9 Å². The van der Waals surface area contributed by atoms with Crippen molar-refractivity contribution < 1.29 is 24.2 Å². The summed E-state index contributed by atoms with van der Waals surface area (Å²) in [5, 5.41) is 9.78. The van der Waals surface area contributed by atoms with Crippen molar-refractivity contribution in [1.82, 2.24) is 14.7 Å². The number of ether oxygens (including phenoxy) is 1. The number of amides is 3. The SMILES string of the molecule is CCCN1CC=C[C@@]2(C)O[C@]34C=CCN(Cc5ccccc5)C(=O)C3N(CCO)C(=O)[C@@H]4[C@H]2C1=O. The highest BCUT2D eigenvalue weighted by Crippen LogP contribution is 2.57. The number of hydrogen-bond donors (Lipinski definition) is 1. The maximum absolute atomic E-state index is 14.0. The summed E-state index contributed by atoms with van der Waals surface area (Å²) in [5.41, 5.74) is -1.30. The Morgan fingerprint density at radius 2 is 1.66 bits per heavy atom. The first-order valence-electron chi connectivity index (χ1n) is 12.4. The van der Waals surface area contributed by atoms with Crippen LogP contribution in [0.2, 0.25) is 0 Å². The van der Waals surface area contributed by atoms with Crippen LogP contribution in [0.1, 0.15) is 25.8 Å². The molecule has 3 amide bonds. The van der Waals surface area contributed by atoms with Gasteiger partial charge in [-0.1, -0.05) is 61.6 Å². The van der Waals surface area contributed by atoms with Crippen molar-refractivity contribution in [2.45, 2.75) is 44.1 Å². The standard InChI is InChI=1S/C27H33N3O5/c1-3-13-28-14-7-11-26(2)20(23(28)32)21-24(33)30(16-17-31)22-25(34)29(15-8-12-27(21,22)35-26)18-19-9-5-4-6-10-19/h4-12,20-22,31H,3,13-18H2,1-2H3/t20-,21-,22?,26+,27-/m0/s1. The molecule has 1 aromatic rings. The number of aliphatic hydroxyl groups is 1. The number of likely N-dealkylation sites (tertiary alicyclic amines) is 1. The molecule has 8 heteroatoms. The molecule has 5 rings (SSSR count). The van der Waals surface area contributed by atoms with E-state index in [9.17, 15) is 19.5 Å². The molecule has 0 aromatic heterocycles. The third kappa shape index (κ3) is 3.62. The number of fused-ring (bicyclic) bond motifs is 2. The summed E-state index contributed by atoms with van der Waals surface area (Å²) in [7, 11) is 0. The van der Waals surface area contributed by atoms with Gasteiger partial charge in [0.15, 0.2) is 0 Å². The van der Waals surface area contributed by atoms with Gasteiger partial charge in [0.05, 0.1) is 24.0 Å². The molecule has 35 heavy (non-hydrogen) atoms. The van der Waals surface area contributed by atoms with Crippen molar-refractivity contribution in [3.05, 3.63) is 60.2 Å². The Balaban J connectivity index is 1.58. The van der Waals surface area contributed by atoms with Crippen molar-refractivity contribution in [1.29, 1.82) is 0 Å². The minimum Gasteiger partial charge on any atom is -0.395 e. The zero-order chi connectivity index (χ0) is 24.8. The Bertz CT molecular complexity index is 1070. The molecule has 186 valence electrons. The highest BCUT2D eigenvalue weighted by atomic mass is 16.5. The summed E-state index contributed by atoms with van der Waals surface area (Å²) >= 11 is 0. The van der Waals surface area contributed by atoms with E-state index in [0.717, 1.165) is 12.0 Å². The van der Waals surface area contributed by atoms with E-state index < -0.39 is 29.1 Å². The van der Waals surface area contributed by atoms with Gasteiger partial charge in [-0.2, -0.15) is 0 Å². The molecular formula is C27H33N3O5. The summed E-state index contributed by atoms with van der Waals surface area (Å²) in [6.07, 6.45) is 8.35. The van der Waals surface area contributed by atoms with Crippen LogP contribution < -0.4 is 0 Å². The number of carbonyl (C=O) groups excluding carboxylic acids is 3. The van der Waals surface area contributed by atoms with Crippen molar-refractivity contribution in [3.8, 4) is 0 Å². The number of nitrogens with zero attached hydrogens (tertiary/aromatic N) is 3. The minimum absolute atomic E-state index is 0.00993. The van der Waals surface area contributed by atoms with E-state index in [1.54, 1.807) is 9.80 Å². The summed E-state index contributed by atoms with van der Waals surface area (Å²) in [6.45, 7) is 5.42. The molecule has 1 aromatic carbocycles. The third-order valence-electron chi connectivity index (χ3n) is 7.77. The molecular weight excluding hydrogens is 446 g/mol. The first kappa shape index (κ1) is 23.8. The zero-order valence-corrected chi connectivity index (χ0v) is 20.3. The number of hydrogen-bond acceptors (Lipinski definition) is 5. The third-order valence-corrected chi connectivity index (χ3v) is 7.77. The van der Waals surface area contributed by atoms with Gasteiger partial charge >= 0.3 is 0 Å². The maximum Gasteiger partial charge on any atom is 0.249 e. The highest BCUT2D eigenvalue weighted by molar-refractivity contribution is 6.00. The van der Waals surface area contributed by atoms with Gasteiger partial charge in [0.2, 0.25) is 17.7 Å². The van der Waals surface area contributed by atoms with Crippen molar-refractivity contribution in [2.24, 2.45) is 11.8 Å². The Kier molecular flexibility index (Phi) is 6.05. The molecule has 2 saturated heterocycles. The molecule has 0 bridgehead atoms. The molecule has 2 fully saturated rings. The van der Waals surface area contributed by atoms with Crippen LogP contribution in [0.3, 0.4) is 0 Å². The summed E-state index contributed by atoms with van der Waals surface area (Å²) < 4.78 is 6.73. The van der Waals surface area contributed by atoms with E-state index in [2.05, 4.69) is 0 Å². The predicted octanol–water partition coefficient (Wildman–Crippen LogP) is 1.36. The molecule has 8 nitrogen and oxygen atoms in total. The number of carbonyl (C=O) groups is 3. The van der Waals surface area contributed by atoms with Crippen molar-refractivity contribution in [3.63, 3.8) is 0 Å². The number of aliphatic hydroxyl groups excluding tert-OH is 1. The average Bonchev–Trinajstić information content (AvgIpc) is 3.11. The summed E-state index contributed by atoms with van der Waals surface area (Å²) in [6, 6.07) is 8.76. The predicted molar refractivity (Wildman–Crippen MR) is 129 cm³/mol. The largest absolute Gasteiger partial charge is 0.395 e. The van der Waals surface area contributed by atoms with Gasteiger partial charge < -0.3 is 24.5 Å². The molecule has 1 spiro atoms. The lowest BCUT2D eigenvalue weighted by Crippen LogP contribution is -2.56. The van der Waals surface area contributed by atoms with Crippen LogP contribution in [0.25, 0.3) is 0 Å². The zero-order valence-electron chi connectivity index (χ0n) is 20.3. The Morgan fingerprint density at radius 1 is 0.943 bits per heavy atom. The number of benzene rings is 1. The van der Waals surface area contributed by atoms with Gasteiger partial charge in [-0.3, -0.25) is 14.4 Å². The molecule has 0 aliphatic carbocycles. The lowest BCUT2D eigenvalue weighted by atomic mass is 9.74. The van der Waals surface area contributed by atoms with Crippen molar-refractivity contribution in [2.75, 3.05) is 32.8 Å². The molecule has 5 atom stereocenters. The first-order valence-corrected chi connectivity index (χ1v) is 12.4. The van der Waals surface area contributed by atoms with Crippen LogP contribution in [0.15, 0.2) is 54.6 Å². The summed E-state index contributed by atoms with van der Waals surface area (Å²) in [4.78, 5) is 46.7. The van der Waals surface area contributed by atoms with Gasteiger partial charge in [0.25, 0.3) is 0 Å². The fourth-order valence-electron chi connectivity index (χ4n) is 6.38. The van der Waals surface area contributed by atoms with Crippen LogP contribution in [-0.2, 0) is 25.7 Å². The molecule has 4 aliphatic heterocycles. The number of rotatable bonds is 6. The molecule has 0 saturated carbocycles. The van der Waals surface area contributed by atoms with E-state index in [4.69, 9.17) is 4.74 Å². The minimum atomic E-state index is -1.27. The van der Waals surface area contributed by atoms with Crippen molar-refractivity contribution >= 4 is 17.7 Å². The van der Waals surface area contributed by atoms with E-state index in [1.807, 2.05) is 68.5 Å². The van der Waals surface area contributed by atoms with E-state index in [-0.39, 0.29) is 30.9 Å². The van der Waals surface area contributed by atoms with Crippen LogP contribution >= 0.6 is 0 Å². The van der Waals surface area contributed by atoms with Crippen LogP contribution in [-0.4, -0.2) is 87.6 Å². The normalized spacial score (nSPS) is 34.1. The van der Waals surface area contributed by atoms with Gasteiger partial charge in [0.1, 0.15) is 11.6 Å². The first-order chi connectivity index (χ1) is 16.9. The van der Waals surface area contributed by atoms with Crippen LogP contribution in [0, 0.1) is 11.8 Å². The van der Waals surface area contributed by atoms with Crippen LogP contribution in [0.4, 0.5) is 0 Å². The second kappa shape index (κ2) is 8.91. The maximum atomic E-state index is 14.0. The highest BCUT2D eigenvalue weighted by Gasteiger charge is 2.74. The Labute approximate surface area is 205 Å². The fraction of sp³-hybridized carbons (Fsp3) is 0.519. The second-order valence-electron chi connectivity index (χ2n) is 10.0. The molecule has 4 aliphatic rings. The Hall–Kier alpha value is -2.97. The number of β-amino-alcohol motifs (C(OH)–C–C–N with tert-alkyl or cyclic N) is 1. The molecule has 0 radical (unpaired) electrons. The van der Waals surface area contributed by atoms with Gasteiger partial charge in [-0.25, -0.2) is 0 Å². The smallest absolute Gasteiger partial charge is 0.249 e. The van der Waals surface area contributed by atoms with Crippen LogP contribution in [0.5, 0.6) is 0 Å². The lowest BCUT2D eigenvalue weighted by molar-refractivity contribution is -0.153. The monoisotopic (exact) mass is 479 g/mol. The fourth-order valence-corrected chi connectivity index (χ4v) is 6.38. The quantitative estimate of drug-likeness (QED) is 0.623. The van der Waals surface area contributed by atoms with Gasteiger partial charge in [0, 0.05) is 32.7 Å². The molecule has 4 heterocycles. The lowest BCUT2D eigenvalue weighted by Gasteiger charge is -2.37. The Morgan fingerprint density at radius 3 is 2.37 bits per heavy atom. The molecule has 1 unspecified atom stereocenters. The van der Waals surface area contributed by atoms with E-state index >= 15 is 0 Å². The summed E-state index contributed by atoms with van der Waals surface area (Å²) in [5.74, 6) is -2.24. The molecule has 1 N–H and O–H groups in total.